The van der Waals surface area contributed by atoms with Crippen molar-refractivity contribution in [1.29, 1.82) is 0 Å². The van der Waals surface area contributed by atoms with Crippen molar-refractivity contribution in [2.45, 2.75) is 32.2 Å². The van der Waals surface area contributed by atoms with Crippen molar-refractivity contribution < 1.29 is 8.42 Å². The molecule has 0 spiro atoms. The van der Waals surface area contributed by atoms with Crippen LogP contribution < -0.4 is 10.5 Å². The molecule has 0 aromatic carbocycles. The number of rotatable bonds is 4. The average molecular weight is 313 g/mol. The van der Waals surface area contributed by atoms with Gasteiger partial charge in [-0.1, -0.05) is 0 Å². The Morgan fingerprint density at radius 2 is 1.95 bits per heavy atom. The molecule has 0 fully saturated rings. The van der Waals surface area contributed by atoms with Crippen molar-refractivity contribution in [3.05, 3.63) is 27.2 Å². The fraction of sp³-hybridized carbons (Fsp3) is 0.364. The largest absolute Gasteiger partial charge is 0.326 e. The number of aryl methyl sites for hydroxylation is 3. The summed E-state index contributed by atoms with van der Waals surface area (Å²) in [5.74, 6) is -0.0343. The van der Waals surface area contributed by atoms with E-state index < -0.39 is 10.0 Å². The van der Waals surface area contributed by atoms with Crippen LogP contribution in [0, 0.1) is 20.8 Å². The lowest BCUT2D eigenvalue weighted by molar-refractivity contribution is 0.600. The quantitative estimate of drug-likeness (QED) is 0.875. The van der Waals surface area contributed by atoms with Gasteiger partial charge in [0.15, 0.2) is 0 Å². The van der Waals surface area contributed by atoms with Crippen LogP contribution in [0.1, 0.15) is 21.1 Å². The molecule has 2 aromatic rings. The maximum absolute atomic E-state index is 12.3. The lowest BCUT2D eigenvalue weighted by Gasteiger charge is -2.06. The third kappa shape index (κ3) is 2.94. The molecule has 0 bridgehead atoms. The van der Waals surface area contributed by atoms with E-state index >= 15 is 0 Å². The maximum Gasteiger partial charge on any atom is 0.265 e. The van der Waals surface area contributed by atoms with Crippen molar-refractivity contribution in [3.8, 4) is 0 Å². The van der Waals surface area contributed by atoms with Gasteiger partial charge in [-0.05, 0) is 26.8 Å². The van der Waals surface area contributed by atoms with Gasteiger partial charge in [0.1, 0.15) is 4.90 Å². The first-order valence-corrected chi connectivity index (χ1v) is 8.13. The Labute approximate surface area is 121 Å². The number of hydrogen-bond acceptors (Lipinski definition) is 7. The molecule has 0 amide bonds. The van der Waals surface area contributed by atoms with E-state index in [0.29, 0.717) is 22.8 Å². The summed E-state index contributed by atoms with van der Waals surface area (Å²) in [5, 5.41) is 7.58. The molecular formula is C11H15N5O2S2. The summed E-state index contributed by atoms with van der Waals surface area (Å²) < 4.78 is 26.9. The second-order valence-corrected chi connectivity index (χ2v) is 7.24. The Morgan fingerprint density at radius 3 is 2.50 bits per heavy atom. The Hall–Kier alpha value is -1.58. The molecule has 0 atom stereocenters. The van der Waals surface area contributed by atoms with Crippen LogP contribution in [0.4, 0.5) is 5.95 Å². The molecule has 9 heteroatoms. The Kier molecular flexibility index (Phi) is 4.02. The molecule has 7 nitrogen and oxygen atoms in total. The third-order valence-electron chi connectivity index (χ3n) is 2.73. The van der Waals surface area contributed by atoms with Crippen LogP contribution >= 0.6 is 11.3 Å². The number of hydrogen-bond donors (Lipinski definition) is 2. The normalized spacial score (nSPS) is 11.6. The first kappa shape index (κ1) is 14.8. The van der Waals surface area contributed by atoms with Gasteiger partial charge in [0, 0.05) is 16.3 Å². The van der Waals surface area contributed by atoms with Gasteiger partial charge in [0.2, 0.25) is 0 Å². The van der Waals surface area contributed by atoms with Crippen molar-refractivity contribution in [2.24, 2.45) is 5.73 Å². The first-order valence-electron chi connectivity index (χ1n) is 5.83. The highest BCUT2D eigenvalue weighted by atomic mass is 32.2. The molecule has 2 aromatic heterocycles. The molecule has 0 aliphatic heterocycles. The number of anilines is 1. The Morgan fingerprint density at radius 1 is 1.25 bits per heavy atom. The number of aromatic nitrogens is 3. The highest BCUT2D eigenvalue weighted by Crippen LogP contribution is 2.26. The minimum Gasteiger partial charge on any atom is -0.326 e. The van der Waals surface area contributed by atoms with Gasteiger partial charge >= 0.3 is 0 Å². The molecule has 0 saturated heterocycles. The predicted molar refractivity (Wildman–Crippen MR) is 77.1 cm³/mol. The molecule has 2 heterocycles. The number of nitrogens with one attached hydrogen (secondary N) is 1. The number of nitrogens with zero attached hydrogens (tertiary/aromatic N) is 3. The van der Waals surface area contributed by atoms with E-state index in [4.69, 9.17) is 5.73 Å². The van der Waals surface area contributed by atoms with E-state index in [-0.39, 0.29) is 10.8 Å². The average Bonchev–Trinajstić information content (AvgIpc) is 2.76. The van der Waals surface area contributed by atoms with Crippen LogP contribution in [0.2, 0.25) is 0 Å². The zero-order valence-electron chi connectivity index (χ0n) is 11.3. The van der Waals surface area contributed by atoms with Gasteiger partial charge in [0.05, 0.1) is 11.4 Å². The molecular weight excluding hydrogens is 298 g/mol. The van der Waals surface area contributed by atoms with Gasteiger partial charge in [-0.3, -0.25) is 0 Å². The van der Waals surface area contributed by atoms with Gasteiger partial charge in [-0.15, -0.1) is 16.4 Å². The van der Waals surface area contributed by atoms with Crippen LogP contribution in [0.25, 0.3) is 0 Å². The van der Waals surface area contributed by atoms with Crippen molar-refractivity contribution in [1.82, 2.24) is 15.2 Å². The summed E-state index contributed by atoms with van der Waals surface area (Å²) >= 11 is 1.36. The van der Waals surface area contributed by atoms with Crippen LogP contribution in [0.5, 0.6) is 0 Å². The Balaban J connectivity index is 2.35. The summed E-state index contributed by atoms with van der Waals surface area (Å²) in [6.45, 7) is 5.54. The summed E-state index contributed by atoms with van der Waals surface area (Å²) in [4.78, 5) is 5.74. The molecule has 0 saturated carbocycles. The lowest BCUT2D eigenvalue weighted by Crippen LogP contribution is -2.16. The lowest BCUT2D eigenvalue weighted by atomic mass is 10.4. The maximum atomic E-state index is 12.3. The van der Waals surface area contributed by atoms with E-state index in [0.717, 1.165) is 4.88 Å². The number of nitrogens with two attached hydrogens (primary N) is 1. The second kappa shape index (κ2) is 5.43. The van der Waals surface area contributed by atoms with Gasteiger partial charge in [-0.2, -0.15) is 5.10 Å². The van der Waals surface area contributed by atoms with Crippen LogP contribution in [0.3, 0.4) is 0 Å². The topological polar surface area (TPSA) is 111 Å². The fourth-order valence-corrected chi connectivity index (χ4v) is 4.02. The number of sulfonamides is 1. The zero-order chi connectivity index (χ0) is 14.9. The monoisotopic (exact) mass is 313 g/mol. The molecule has 2 rings (SSSR count). The van der Waals surface area contributed by atoms with Crippen molar-refractivity contribution in [2.75, 3.05) is 4.72 Å². The van der Waals surface area contributed by atoms with Gasteiger partial charge in [0.25, 0.3) is 16.0 Å². The molecule has 20 heavy (non-hydrogen) atoms. The molecule has 3 N–H and O–H groups in total. The van der Waals surface area contributed by atoms with Gasteiger partial charge in [-0.25, -0.2) is 18.1 Å². The first-order chi connectivity index (χ1) is 9.33. The highest BCUT2D eigenvalue weighted by molar-refractivity contribution is 7.92. The summed E-state index contributed by atoms with van der Waals surface area (Å²) in [5.41, 5.74) is 6.81. The predicted octanol–water partition coefficient (Wildman–Crippen LogP) is 1.12. The SMILES string of the molecule is Cc1nnc(NS(=O)(=O)c2cc(CN)sc2C)nc1C. The van der Waals surface area contributed by atoms with Crippen LogP contribution in [0.15, 0.2) is 11.0 Å². The van der Waals surface area contributed by atoms with Crippen molar-refractivity contribution in [3.63, 3.8) is 0 Å². The smallest absolute Gasteiger partial charge is 0.265 e. The minimum absolute atomic E-state index is 0.0343. The van der Waals surface area contributed by atoms with Crippen LogP contribution in [-0.2, 0) is 16.6 Å². The summed E-state index contributed by atoms with van der Waals surface area (Å²) in [6, 6.07) is 1.57. The molecule has 0 unspecified atom stereocenters. The van der Waals surface area contributed by atoms with E-state index in [1.807, 2.05) is 0 Å². The zero-order valence-corrected chi connectivity index (χ0v) is 13.0. The minimum atomic E-state index is -3.72. The standard InChI is InChI=1S/C11H15N5O2S2/c1-6-7(2)14-15-11(13-6)16-20(17,18)10-4-9(5-12)19-8(10)3/h4H,5,12H2,1-3H3,(H,13,15,16). The van der Waals surface area contributed by atoms with Crippen LogP contribution in [-0.4, -0.2) is 23.6 Å². The summed E-state index contributed by atoms with van der Waals surface area (Å²) in [6.07, 6.45) is 0. The molecule has 0 aliphatic carbocycles. The fourth-order valence-electron chi connectivity index (χ4n) is 1.57. The van der Waals surface area contributed by atoms with E-state index in [1.165, 1.54) is 11.3 Å². The van der Waals surface area contributed by atoms with Crippen molar-refractivity contribution >= 4 is 27.3 Å². The van der Waals surface area contributed by atoms with Gasteiger partial charge < -0.3 is 5.73 Å². The Bertz CT molecular complexity index is 739. The second-order valence-electron chi connectivity index (χ2n) is 4.25. The molecule has 0 aliphatic rings. The highest BCUT2D eigenvalue weighted by Gasteiger charge is 2.21. The molecule has 0 radical (unpaired) electrons. The van der Waals surface area contributed by atoms with E-state index in [9.17, 15) is 8.42 Å². The summed E-state index contributed by atoms with van der Waals surface area (Å²) in [7, 11) is -3.72. The number of thiophene rings is 1. The van der Waals surface area contributed by atoms with E-state index in [2.05, 4.69) is 19.9 Å². The van der Waals surface area contributed by atoms with E-state index in [1.54, 1.807) is 26.8 Å². The third-order valence-corrected chi connectivity index (χ3v) is 5.39. The molecule has 108 valence electrons.